The average Bonchev–Trinajstić information content (AvgIpc) is 2.60. The molecule has 0 bridgehead atoms. The molecule has 0 atom stereocenters. The lowest BCUT2D eigenvalue weighted by Gasteiger charge is -2.05. The summed E-state index contributed by atoms with van der Waals surface area (Å²) < 4.78 is 0. The maximum atomic E-state index is 10.8. The molecule has 0 saturated carbocycles. The smallest absolute Gasteiger partial charge is 0.318 e. The van der Waals surface area contributed by atoms with Gasteiger partial charge in [0.25, 0.3) is 5.69 Å². The van der Waals surface area contributed by atoms with Crippen LogP contribution < -0.4 is 0 Å². The fourth-order valence-electron chi connectivity index (χ4n) is 1.88. The number of nitriles is 1. The van der Waals surface area contributed by atoms with E-state index < -0.39 is 10.9 Å². The van der Waals surface area contributed by atoms with E-state index in [2.05, 4.69) is 9.99 Å². The summed E-state index contributed by atoms with van der Waals surface area (Å²) in [4.78, 5) is 27.1. The molecule has 0 amide bonds. The Morgan fingerprint density at radius 2 is 1.92 bits per heavy atom. The van der Waals surface area contributed by atoms with Crippen LogP contribution in [-0.2, 0) is 9.63 Å². The Kier molecular flexibility index (Phi) is 5.87. The van der Waals surface area contributed by atoms with Crippen molar-refractivity contribution in [2.45, 2.75) is 23.6 Å². The zero-order valence-corrected chi connectivity index (χ0v) is 14.2. The van der Waals surface area contributed by atoms with Gasteiger partial charge in [-0.15, -0.1) is 0 Å². The predicted octanol–water partition coefficient (Wildman–Crippen LogP) is 3.90. The lowest BCUT2D eigenvalue weighted by atomic mass is 10.1. The van der Waals surface area contributed by atoms with E-state index in [1.165, 1.54) is 30.8 Å². The first-order valence-electron chi connectivity index (χ1n) is 7.09. The van der Waals surface area contributed by atoms with Crippen molar-refractivity contribution in [3.63, 3.8) is 0 Å². The number of hydrogen-bond acceptors (Lipinski definition) is 7. The topological polar surface area (TPSA) is 106 Å². The van der Waals surface area contributed by atoms with Gasteiger partial charge in [0, 0.05) is 28.8 Å². The molecular weight excluding hydrogens is 342 g/mol. The number of nitrogens with zero attached hydrogens (tertiary/aromatic N) is 3. The molecule has 0 aliphatic rings. The highest BCUT2D eigenvalue weighted by atomic mass is 32.2. The summed E-state index contributed by atoms with van der Waals surface area (Å²) in [5.41, 5.74) is 1.47. The summed E-state index contributed by atoms with van der Waals surface area (Å²) in [5.74, 6) is -0.492. The van der Waals surface area contributed by atoms with Crippen LogP contribution in [-0.4, -0.2) is 16.6 Å². The maximum absolute atomic E-state index is 10.8. The second-order valence-corrected chi connectivity index (χ2v) is 6.05. The minimum Gasteiger partial charge on any atom is -0.318 e. The summed E-state index contributed by atoms with van der Waals surface area (Å²) in [7, 11) is 0. The molecule has 2 aromatic carbocycles. The summed E-state index contributed by atoms with van der Waals surface area (Å²) >= 11 is 1.33. The predicted molar refractivity (Wildman–Crippen MR) is 92.4 cm³/mol. The lowest BCUT2D eigenvalue weighted by molar-refractivity contribution is -0.384. The van der Waals surface area contributed by atoms with E-state index in [4.69, 9.17) is 0 Å². The molecule has 0 saturated heterocycles. The Morgan fingerprint density at radius 3 is 2.48 bits per heavy atom. The molecule has 126 valence electrons. The van der Waals surface area contributed by atoms with Gasteiger partial charge in [0.1, 0.15) is 6.07 Å². The summed E-state index contributed by atoms with van der Waals surface area (Å²) in [5, 5.41) is 23.7. The third-order valence-corrected chi connectivity index (χ3v) is 4.19. The molecule has 8 heteroatoms. The normalized spacial score (nSPS) is 10.8. The number of benzene rings is 2. The van der Waals surface area contributed by atoms with E-state index in [1.807, 2.05) is 30.3 Å². The molecule has 0 aromatic heterocycles. The average molecular weight is 355 g/mol. The molecule has 25 heavy (non-hydrogen) atoms. The van der Waals surface area contributed by atoms with Crippen molar-refractivity contribution in [2.75, 3.05) is 0 Å². The van der Waals surface area contributed by atoms with E-state index in [0.717, 1.165) is 10.5 Å². The molecule has 0 spiro atoms. The first-order chi connectivity index (χ1) is 11.9. The van der Waals surface area contributed by atoms with Crippen LogP contribution >= 0.6 is 11.8 Å². The van der Waals surface area contributed by atoms with Crippen molar-refractivity contribution in [3.05, 3.63) is 63.7 Å². The van der Waals surface area contributed by atoms with Crippen molar-refractivity contribution in [1.29, 1.82) is 5.26 Å². The summed E-state index contributed by atoms with van der Waals surface area (Å²) in [6.45, 7) is 2.99. The van der Waals surface area contributed by atoms with Gasteiger partial charge in [-0.2, -0.15) is 5.26 Å². The summed E-state index contributed by atoms with van der Waals surface area (Å²) in [6, 6.07) is 13.4. The molecule has 0 radical (unpaired) electrons. The van der Waals surface area contributed by atoms with Crippen LogP contribution in [0.4, 0.5) is 5.69 Å². The van der Waals surface area contributed by atoms with Gasteiger partial charge < -0.3 is 4.84 Å². The van der Waals surface area contributed by atoms with Crippen molar-refractivity contribution >= 4 is 29.1 Å². The maximum Gasteiger partial charge on any atom is 0.331 e. The van der Waals surface area contributed by atoms with Gasteiger partial charge in [-0.1, -0.05) is 29.1 Å². The van der Waals surface area contributed by atoms with Gasteiger partial charge in [-0.3, -0.25) is 10.1 Å². The highest BCUT2D eigenvalue weighted by molar-refractivity contribution is 7.99. The fraction of sp³-hybridized carbons (Fsp3) is 0.118. The molecule has 0 heterocycles. The van der Waals surface area contributed by atoms with E-state index in [1.54, 1.807) is 13.0 Å². The zero-order chi connectivity index (χ0) is 18.4. The van der Waals surface area contributed by atoms with Crippen LogP contribution in [0.15, 0.2) is 57.4 Å². The minimum atomic E-state index is -0.532. The minimum absolute atomic E-state index is 0.117. The third-order valence-electron chi connectivity index (χ3n) is 3.11. The second kappa shape index (κ2) is 8.08. The molecule has 7 nitrogen and oxygen atoms in total. The van der Waals surface area contributed by atoms with Gasteiger partial charge in [0.05, 0.1) is 16.2 Å². The number of hydrogen-bond donors (Lipinski definition) is 0. The molecule has 2 rings (SSSR count). The van der Waals surface area contributed by atoms with Gasteiger partial charge in [-0.25, -0.2) is 4.79 Å². The van der Waals surface area contributed by atoms with E-state index in [-0.39, 0.29) is 11.3 Å². The standard InChI is InChI=1S/C17H13N3O4S/c1-11(19-24-12(2)21)13-3-6-16(7-4-13)25-17-8-5-15(20(22)23)9-14(17)10-18/h3-9H,1-2H3. The Bertz CT molecular complexity index is 886. The second-order valence-electron chi connectivity index (χ2n) is 4.94. The number of carbonyl (C=O) groups is 1. The van der Waals surface area contributed by atoms with Crippen LogP contribution in [0.5, 0.6) is 0 Å². The van der Waals surface area contributed by atoms with Gasteiger partial charge in [0.15, 0.2) is 0 Å². The monoisotopic (exact) mass is 355 g/mol. The van der Waals surface area contributed by atoms with Crippen molar-refractivity contribution in [1.82, 2.24) is 0 Å². The first kappa shape index (κ1) is 18.2. The molecule has 0 aliphatic carbocycles. The molecule has 0 unspecified atom stereocenters. The van der Waals surface area contributed by atoms with Gasteiger partial charge in [-0.05, 0) is 30.7 Å². The van der Waals surface area contributed by atoms with E-state index in [0.29, 0.717) is 10.6 Å². The van der Waals surface area contributed by atoms with Crippen LogP contribution in [0.1, 0.15) is 25.0 Å². The molecule has 0 N–H and O–H groups in total. The first-order valence-corrected chi connectivity index (χ1v) is 7.91. The molecule has 0 aliphatic heterocycles. The number of rotatable bonds is 5. The van der Waals surface area contributed by atoms with Gasteiger partial charge >= 0.3 is 5.97 Å². The number of nitro benzene ring substituents is 1. The molecule has 0 fully saturated rings. The molecule has 2 aromatic rings. The van der Waals surface area contributed by atoms with Crippen LogP contribution in [0, 0.1) is 21.4 Å². The third kappa shape index (κ3) is 4.89. The van der Waals surface area contributed by atoms with E-state index in [9.17, 15) is 20.2 Å². The lowest BCUT2D eigenvalue weighted by Crippen LogP contribution is -1.99. The largest absolute Gasteiger partial charge is 0.331 e. The number of nitro groups is 1. The van der Waals surface area contributed by atoms with E-state index >= 15 is 0 Å². The van der Waals surface area contributed by atoms with Crippen LogP contribution in [0.2, 0.25) is 0 Å². The number of carbonyl (C=O) groups excluding carboxylic acids is 1. The quantitative estimate of drug-likeness (QED) is 0.348. The Morgan fingerprint density at radius 1 is 1.24 bits per heavy atom. The highest BCUT2D eigenvalue weighted by Crippen LogP contribution is 2.32. The Balaban J connectivity index is 2.19. The van der Waals surface area contributed by atoms with Crippen molar-refractivity contribution in [3.8, 4) is 6.07 Å². The zero-order valence-electron chi connectivity index (χ0n) is 13.4. The Hall–Kier alpha value is -3.18. The van der Waals surface area contributed by atoms with Crippen molar-refractivity contribution in [2.24, 2.45) is 5.16 Å². The summed E-state index contributed by atoms with van der Waals surface area (Å²) in [6.07, 6.45) is 0. The fourth-order valence-corrected chi connectivity index (χ4v) is 2.76. The van der Waals surface area contributed by atoms with Gasteiger partial charge in [0.2, 0.25) is 0 Å². The highest BCUT2D eigenvalue weighted by Gasteiger charge is 2.12. The Labute approximate surface area is 148 Å². The number of oxime groups is 1. The van der Waals surface area contributed by atoms with Crippen LogP contribution in [0.3, 0.4) is 0 Å². The van der Waals surface area contributed by atoms with Crippen LogP contribution in [0.25, 0.3) is 0 Å². The SMILES string of the molecule is CC(=O)ON=C(C)c1ccc(Sc2ccc([N+](=O)[O-])cc2C#N)cc1. The van der Waals surface area contributed by atoms with Crippen molar-refractivity contribution < 1.29 is 14.6 Å². The molecular formula is C17H13N3O4S. The number of non-ortho nitro benzene ring substituents is 1.